The van der Waals surface area contributed by atoms with Gasteiger partial charge in [-0.25, -0.2) is 4.98 Å². The Morgan fingerprint density at radius 1 is 1.29 bits per heavy atom. The van der Waals surface area contributed by atoms with Gasteiger partial charge in [-0.15, -0.1) is 0 Å². The van der Waals surface area contributed by atoms with Crippen molar-refractivity contribution in [3.8, 4) is 5.88 Å². The van der Waals surface area contributed by atoms with Crippen LogP contribution < -0.4 is 4.74 Å². The number of ether oxygens (including phenoxy) is 3. The van der Waals surface area contributed by atoms with Crippen LogP contribution in [0, 0.1) is 0 Å². The number of carbonyl (C=O) groups excluding carboxylic acids is 1. The quantitative estimate of drug-likeness (QED) is 0.838. The van der Waals surface area contributed by atoms with Gasteiger partial charge in [-0.1, -0.05) is 0 Å². The molecule has 0 unspecified atom stereocenters. The Bertz CT molecular complexity index is 593. The van der Waals surface area contributed by atoms with E-state index < -0.39 is 24.5 Å². The summed E-state index contributed by atoms with van der Waals surface area (Å²) in [5.41, 5.74) is 0.0194. The van der Waals surface area contributed by atoms with Gasteiger partial charge in [0.05, 0.1) is 13.2 Å². The van der Waals surface area contributed by atoms with Crippen molar-refractivity contribution in [3.63, 3.8) is 0 Å². The summed E-state index contributed by atoms with van der Waals surface area (Å²) < 4.78 is 52.8. The largest absolute Gasteiger partial charge is 0.467 e. The first-order valence-electron chi connectivity index (χ1n) is 7.60. The highest BCUT2D eigenvalue weighted by Gasteiger charge is 2.41. The van der Waals surface area contributed by atoms with E-state index in [-0.39, 0.29) is 11.4 Å². The zero-order valence-electron chi connectivity index (χ0n) is 12.8. The normalized spacial score (nSPS) is 20.4. The Hall–Kier alpha value is -1.87. The first-order chi connectivity index (χ1) is 11.4. The summed E-state index contributed by atoms with van der Waals surface area (Å²) in [7, 11) is 0. The highest BCUT2D eigenvalue weighted by atomic mass is 19.4. The zero-order valence-corrected chi connectivity index (χ0v) is 12.8. The Morgan fingerprint density at radius 3 is 2.58 bits per heavy atom. The lowest BCUT2D eigenvalue weighted by molar-refractivity contribution is -0.181. The number of rotatable bonds is 3. The molecule has 0 aromatic carbocycles. The summed E-state index contributed by atoms with van der Waals surface area (Å²) in [6.07, 6.45) is -2.16. The lowest BCUT2D eigenvalue weighted by Gasteiger charge is -2.37. The van der Waals surface area contributed by atoms with E-state index in [1.807, 2.05) is 0 Å². The predicted octanol–water partition coefficient (Wildman–Crippen LogP) is 2.00. The summed E-state index contributed by atoms with van der Waals surface area (Å²) in [4.78, 5) is 17.9. The van der Waals surface area contributed by atoms with Gasteiger partial charge in [0.25, 0.3) is 5.91 Å². The smallest absolute Gasteiger partial charge is 0.422 e. The molecule has 2 saturated heterocycles. The molecule has 0 bridgehead atoms. The van der Waals surface area contributed by atoms with Gasteiger partial charge in [0, 0.05) is 32.1 Å². The second-order valence-electron chi connectivity index (χ2n) is 5.66. The Labute approximate surface area is 136 Å². The number of amides is 1. The maximum absolute atomic E-state index is 12.6. The molecule has 0 radical (unpaired) electrons. The Balaban J connectivity index is 1.67. The van der Waals surface area contributed by atoms with Crippen molar-refractivity contribution in [2.24, 2.45) is 0 Å². The number of pyridine rings is 1. The number of hydrogen-bond acceptors (Lipinski definition) is 5. The lowest BCUT2D eigenvalue weighted by Crippen LogP contribution is -2.47. The first kappa shape index (κ1) is 17.0. The van der Waals surface area contributed by atoms with E-state index in [1.165, 1.54) is 18.3 Å². The highest BCUT2D eigenvalue weighted by molar-refractivity contribution is 5.96. The van der Waals surface area contributed by atoms with Crippen molar-refractivity contribution >= 4 is 5.91 Å². The highest BCUT2D eigenvalue weighted by Crippen LogP contribution is 2.32. The number of likely N-dealkylation sites (tertiary alicyclic amines) is 1. The third kappa shape index (κ3) is 3.78. The van der Waals surface area contributed by atoms with Gasteiger partial charge in [-0.2, -0.15) is 13.2 Å². The summed E-state index contributed by atoms with van der Waals surface area (Å²) in [5.74, 6) is -1.34. The molecule has 2 aliphatic rings. The van der Waals surface area contributed by atoms with Crippen molar-refractivity contribution in [1.29, 1.82) is 0 Å². The van der Waals surface area contributed by atoms with Crippen LogP contribution in [0.25, 0.3) is 0 Å². The fourth-order valence-electron chi connectivity index (χ4n) is 2.83. The summed E-state index contributed by atoms with van der Waals surface area (Å²) in [6.45, 7) is 0.367. The standard InChI is InChI=1S/C15H17F3N2O4/c16-15(17,18)10-22-12-11(2-1-5-19-12)13(21)20-6-3-14(4-7-20)23-8-9-24-14/h1-2,5H,3-4,6-10H2. The van der Waals surface area contributed by atoms with E-state index >= 15 is 0 Å². The van der Waals surface area contributed by atoms with Crippen LogP contribution >= 0.6 is 0 Å². The average molecular weight is 346 g/mol. The monoisotopic (exact) mass is 346 g/mol. The molecule has 2 aliphatic heterocycles. The molecule has 1 amide bonds. The molecule has 132 valence electrons. The number of alkyl halides is 3. The second kappa shape index (κ2) is 6.56. The molecule has 24 heavy (non-hydrogen) atoms. The number of carbonyl (C=O) groups is 1. The summed E-state index contributed by atoms with van der Waals surface area (Å²) in [5, 5.41) is 0. The molecule has 1 aromatic heterocycles. The number of halogens is 3. The van der Waals surface area contributed by atoms with Crippen LogP contribution in [0.1, 0.15) is 23.2 Å². The van der Waals surface area contributed by atoms with Gasteiger partial charge >= 0.3 is 6.18 Å². The number of aromatic nitrogens is 1. The van der Waals surface area contributed by atoms with E-state index in [2.05, 4.69) is 9.72 Å². The molecule has 0 N–H and O–H groups in total. The minimum Gasteiger partial charge on any atom is -0.467 e. The van der Waals surface area contributed by atoms with Gasteiger partial charge in [-0.05, 0) is 12.1 Å². The van der Waals surface area contributed by atoms with E-state index in [4.69, 9.17) is 9.47 Å². The Morgan fingerprint density at radius 2 is 1.96 bits per heavy atom. The lowest BCUT2D eigenvalue weighted by atomic mass is 10.0. The molecule has 1 aromatic rings. The number of piperidine rings is 1. The van der Waals surface area contributed by atoms with Crippen LogP contribution in [0.4, 0.5) is 13.2 Å². The van der Waals surface area contributed by atoms with E-state index in [0.29, 0.717) is 39.1 Å². The van der Waals surface area contributed by atoms with Crippen molar-refractivity contribution in [2.45, 2.75) is 24.8 Å². The molecule has 9 heteroatoms. The second-order valence-corrected chi connectivity index (χ2v) is 5.66. The van der Waals surface area contributed by atoms with Gasteiger partial charge in [0.2, 0.25) is 5.88 Å². The van der Waals surface area contributed by atoms with Crippen LogP contribution in [0.5, 0.6) is 5.88 Å². The fourth-order valence-corrected chi connectivity index (χ4v) is 2.83. The van der Waals surface area contributed by atoms with Crippen molar-refractivity contribution in [1.82, 2.24) is 9.88 Å². The van der Waals surface area contributed by atoms with Crippen LogP contribution in [0.3, 0.4) is 0 Å². The molecule has 2 fully saturated rings. The van der Waals surface area contributed by atoms with Crippen LogP contribution in [-0.2, 0) is 9.47 Å². The minimum absolute atomic E-state index is 0.0194. The molecule has 3 heterocycles. The topological polar surface area (TPSA) is 60.9 Å². The molecule has 0 aliphatic carbocycles. The van der Waals surface area contributed by atoms with E-state index in [1.54, 1.807) is 4.90 Å². The average Bonchev–Trinajstić information content (AvgIpc) is 3.01. The van der Waals surface area contributed by atoms with Gasteiger partial charge in [-0.3, -0.25) is 4.79 Å². The third-order valence-corrected chi connectivity index (χ3v) is 4.00. The van der Waals surface area contributed by atoms with Gasteiger partial charge < -0.3 is 19.1 Å². The maximum Gasteiger partial charge on any atom is 0.422 e. The zero-order chi connectivity index (χ0) is 17.2. The van der Waals surface area contributed by atoms with Crippen LogP contribution in [0.15, 0.2) is 18.3 Å². The first-order valence-corrected chi connectivity index (χ1v) is 7.60. The van der Waals surface area contributed by atoms with Crippen LogP contribution in [0.2, 0.25) is 0 Å². The van der Waals surface area contributed by atoms with Crippen molar-refractivity contribution < 1.29 is 32.2 Å². The van der Waals surface area contributed by atoms with E-state index in [0.717, 1.165) is 0 Å². The molecule has 6 nitrogen and oxygen atoms in total. The fraction of sp³-hybridized carbons (Fsp3) is 0.600. The molecular formula is C15H17F3N2O4. The number of nitrogens with zero attached hydrogens (tertiary/aromatic N) is 2. The molecule has 0 saturated carbocycles. The van der Waals surface area contributed by atoms with Crippen molar-refractivity contribution in [2.75, 3.05) is 32.9 Å². The minimum atomic E-state index is -4.49. The molecule has 3 rings (SSSR count). The summed E-state index contributed by atoms with van der Waals surface area (Å²) >= 11 is 0. The van der Waals surface area contributed by atoms with Crippen molar-refractivity contribution in [3.05, 3.63) is 23.9 Å². The molecular weight excluding hydrogens is 329 g/mol. The molecule has 1 spiro atoms. The van der Waals surface area contributed by atoms with Gasteiger partial charge in [0.15, 0.2) is 12.4 Å². The van der Waals surface area contributed by atoms with Gasteiger partial charge in [0.1, 0.15) is 5.56 Å². The molecule has 0 atom stereocenters. The maximum atomic E-state index is 12.6. The number of hydrogen-bond donors (Lipinski definition) is 0. The Kier molecular flexibility index (Phi) is 4.64. The van der Waals surface area contributed by atoms with Crippen LogP contribution in [-0.4, -0.2) is 60.7 Å². The predicted molar refractivity (Wildman–Crippen MR) is 75.6 cm³/mol. The van der Waals surface area contributed by atoms with E-state index in [9.17, 15) is 18.0 Å². The third-order valence-electron chi connectivity index (χ3n) is 4.00. The SMILES string of the molecule is O=C(c1cccnc1OCC(F)(F)F)N1CCC2(CC1)OCCO2. The summed E-state index contributed by atoms with van der Waals surface area (Å²) in [6, 6.07) is 2.90.